The number of carbonyl (C=O) groups is 1. The van der Waals surface area contributed by atoms with E-state index in [0.717, 1.165) is 0 Å². The summed E-state index contributed by atoms with van der Waals surface area (Å²) in [5, 5.41) is 19.6. The average Bonchev–Trinajstić information content (AvgIpc) is 2.92. The van der Waals surface area contributed by atoms with Gasteiger partial charge in [-0.25, -0.2) is 4.98 Å². The van der Waals surface area contributed by atoms with E-state index in [1.54, 1.807) is 26.1 Å². The van der Waals surface area contributed by atoms with E-state index in [-0.39, 0.29) is 17.6 Å². The van der Waals surface area contributed by atoms with Gasteiger partial charge >= 0.3 is 0 Å². The molecule has 0 radical (unpaired) electrons. The van der Waals surface area contributed by atoms with Crippen molar-refractivity contribution >= 4 is 11.7 Å². The minimum Gasteiger partial charge on any atom is -0.372 e. The van der Waals surface area contributed by atoms with Crippen LogP contribution in [-0.4, -0.2) is 38.3 Å². The van der Waals surface area contributed by atoms with Gasteiger partial charge in [-0.05, 0) is 19.1 Å². The number of rotatable bonds is 4. The van der Waals surface area contributed by atoms with Crippen LogP contribution in [0.2, 0.25) is 0 Å². The molecule has 2 rings (SSSR count). The molecule has 1 amide bonds. The molecule has 2 aromatic heterocycles. The van der Waals surface area contributed by atoms with E-state index < -0.39 is 0 Å². The van der Waals surface area contributed by atoms with E-state index in [4.69, 9.17) is 0 Å². The Morgan fingerprint density at radius 2 is 2.22 bits per heavy atom. The van der Waals surface area contributed by atoms with Crippen LogP contribution in [0, 0.1) is 0 Å². The lowest BCUT2D eigenvalue weighted by Crippen LogP contribution is -2.28. The Morgan fingerprint density at radius 3 is 2.78 bits per heavy atom. The smallest absolute Gasteiger partial charge is 0.272 e. The maximum Gasteiger partial charge on any atom is 0.272 e. The molecule has 2 aromatic rings. The highest BCUT2D eigenvalue weighted by atomic mass is 16.2. The average molecular weight is 247 g/mol. The summed E-state index contributed by atoms with van der Waals surface area (Å²) < 4.78 is 0. The van der Waals surface area contributed by atoms with Crippen molar-refractivity contribution in [2.75, 3.05) is 12.4 Å². The molecule has 0 bridgehead atoms. The Labute approximate surface area is 103 Å². The topological polar surface area (TPSA) is 108 Å². The zero-order valence-electron chi connectivity index (χ0n) is 10.0. The molecule has 2 heterocycles. The Morgan fingerprint density at radius 1 is 1.39 bits per heavy atom. The molecule has 0 aromatic carbocycles. The fourth-order valence-electron chi connectivity index (χ4n) is 1.35. The first-order valence-corrected chi connectivity index (χ1v) is 5.38. The lowest BCUT2D eigenvalue weighted by atomic mass is 10.3. The molecule has 8 heteroatoms. The fraction of sp³-hybridized carbons (Fsp3) is 0.300. The van der Waals surface area contributed by atoms with Crippen molar-refractivity contribution < 1.29 is 4.79 Å². The Bertz CT molecular complexity index is 508. The van der Waals surface area contributed by atoms with Crippen molar-refractivity contribution in [3.05, 3.63) is 30.0 Å². The molecule has 18 heavy (non-hydrogen) atoms. The van der Waals surface area contributed by atoms with Crippen LogP contribution < -0.4 is 10.6 Å². The van der Waals surface area contributed by atoms with Crippen LogP contribution in [0.3, 0.4) is 0 Å². The molecule has 0 aliphatic rings. The van der Waals surface area contributed by atoms with Crippen LogP contribution in [0.25, 0.3) is 0 Å². The third kappa shape index (κ3) is 2.59. The largest absolute Gasteiger partial charge is 0.372 e. The highest BCUT2D eigenvalue weighted by Gasteiger charge is 2.14. The number of nitrogens with one attached hydrogen (secondary N) is 3. The van der Waals surface area contributed by atoms with Gasteiger partial charge in [0.15, 0.2) is 5.69 Å². The van der Waals surface area contributed by atoms with E-state index in [2.05, 4.69) is 36.0 Å². The molecule has 1 unspecified atom stereocenters. The van der Waals surface area contributed by atoms with Crippen LogP contribution in [0.1, 0.15) is 29.3 Å². The molecule has 8 nitrogen and oxygen atoms in total. The van der Waals surface area contributed by atoms with Crippen LogP contribution >= 0.6 is 0 Å². The van der Waals surface area contributed by atoms with Crippen molar-refractivity contribution in [3.8, 4) is 0 Å². The molecule has 3 N–H and O–H groups in total. The molecule has 0 saturated heterocycles. The zero-order valence-corrected chi connectivity index (χ0v) is 10.0. The molecular weight excluding hydrogens is 234 g/mol. The van der Waals surface area contributed by atoms with Crippen molar-refractivity contribution in [2.24, 2.45) is 0 Å². The quantitative estimate of drug-likeness (QED) is 0.708. The Kier molecular flexibility index (Phi) is 3.46. The standard InChI is InChI=1S/C10H13N7O/c1-6(9-12-5-13-17-9)14-10(18)7-3-4-8(11-2)16-15-7/h3-6H,1-2H3,(H,11,16)(H,14,18)(H,12,13,17). The number of nitrogens with zero attached hydrogens (tertiary/aromatic N) is 4. The first-order chi connectivity index (χ1) is 8.70. The third-order valence-electron chi connectivity index (χ3n) is 2.34. The number of aromatic amines is 1. The summed E-state index contributed by atoms with van der Waals surface area (Å²) in [6.07, 6.45) is 1.39. The lowest BCUT2D eigenvalue weighted by molar-refractivity contribution is 0.0932. The van der Waals surface area contributed by atoms with Gasteiger partial charge in [0.25, 0.3) is 5.91 Å². The number of anilines is 1. The summed E-state index contributed by atoms with van der Waals surface area (Å²) in [4.78, 5) is 15.8. The van der Waals surface area contributed by atoms with Gasteiger partial charge in [0, 0.05) is 7.05 Å². The fourth-order valence-corrected chi connectivity index (χ4v) is 1.35. The van der Waals surface area contributed by atoms with Crippen LogP contribution in [0.5, 0.6) is 0 Å². The predicted molar refractivity (Wildman–Crippen MR) is 63.8 cm³/mol. The molecule has 0 aliphatic carbocycles. The van der Waals surface area contributed by atoms with Crippen molar-refractivity contribution in [1.82, 2.24) is 30.7 Å². The van der Waals surface area contributed by atoms with Gasteiger partial charge in [-0.1, -0.05) is 0 Å². The van der Waals surface area contributed by atoms with Crippen molar-refractivity contribution in [3.63, 3.8) is 0 Å². The monoisotopic (exact) mass is 247 g/mol. The molecule has 0 spiro atoms. The van der Waals surface area contributed by atoms with E-state index in [9.17, 15) is 4.79 Å². The van der Waals surface area contributed by atoms with Crippen LogP contribution in [-0.2, 0) is 0 Å². The van der Waals surface area contributed by atoms with Gasteiger partial charge in [0.2, 0.25) is 0 Å². The highest BCUT2D eigenvalue weighted by molar-refractivity contribution is 5.92. The second-order valence-corrected chi connectivity index (χ2v) is 3.62. The number of hydrogen-bond acceptors (Lipinski definition) is 6. The number of aromatic nitrogens is 5. The molecule has 1 atom stereocenters. The van der Waals surface area contributed by atoms with E-state index >= 15 is 0 Å². The van der Waals surface area contributed by atoms with Gasteiger partial charge in [-0.15, -0.1) is 10.2 Å². The van der Waals surface area contributed by atoms with E-state index in [1.807, 2.05) is 0 Å². The van der Waals surface area contributed by atoms with E-state index in [0.29, 0.717) is 11.6 Å². The summed E-state index contributed by atoms with van der Waals surface area (Å²) in [5.74, 6) is 0.882. The minimum atomic E-state index is -0.311. The molecule has 0 aliphatic heterocycles. The number of H-pyrrole nitrogens is 1. The van der Waals surface area contributed by atoms with E-state index in [1.165, 1.54) is 6.33 Å². The third-order valence-corrected chi connectivity index (χ3v) is 2.34. The SMILES string of the molecule is CNc1ccc(C(=O)NC(C)c2ncn[nH]2)nn1. The zero-order chi connectivity index (χ0) is 13.0. The molecular formula is C10H13N7O. The highest BCUT2D eigenvalue weighted by Crippen LogP contribution is 2.06. The summed E-state index contributed by atoms with van der Waals surface area (Å²) in [6, 6.07) is 3.01. The summed E-state index contributed by atoms with van der Waals surface area (Å²) >= 11 is 0. The van der Waals surface area contributed by atoms with Gasteiger partial charge < -0.3 is 10.6 Å². The van der Waals surface area contributed by atoms with Crippen LogP contribution in [0.15, 0.2) is 18.5 Å². The molecule has 0 saturated carbocycles. The van der Waals surface area contributed by atoms with Crippen molar-refractivity contribution in [1.29, 1.82) is 0 Å². The maximum absolute atomic E-state index is 11.9. The van der Waals surface area contributed by atoms with Gasteiger partial charge in [-0.3, -0.25) is 9.89 Å². The Hall–Kier alpha value is -2.51. The normalized spacial score (nSPS) is 11.9. The molecule has 0 fully saturated rings. The second kappa shape index (κ2) is 5.21. The van der Waals surface area contributed by atoms with Crippen molar-refractivity contribution in [2.45, 2.75) is 13.0 Å². The summed E-state index contributed by atoms with van der Waals surface area (Å²) in [6.45, 7) is 1.80. The summed E-state index contributed by atoms with van der Waals surface area (Å²) in [7, 11) is 1.73. The predicted octanol–water partition coefficient (Wildman–Crippen LogP) is 0.127. The van der Waals surface area contributed by atoms with Gasteiger partial charge in [-0.2, -0.15) is 5.10 Å². The van der Waals surface area contributed by atoms with Gasteiger partial charge in [0.05, 0.1) is 6.04 Å². The minimum absolute atomic E-state index is 0.250. The lowest BCUT2D eigenvalue weighted by Gasteiger charge is -2.10. The number of carbonyl (C=O) groups excluding carboxylic acids is 1. The van der Waals surface area contributed by atoms with Gasteiger partial charge in [0.1, 0.15) is 18.0 Å². The number of amides is 1. The Balaban J connectivity index is 2.03. The summed E-state index contributed by atoms with van der Waals surface area (Å²) in [5.41, 5.74) is 0.250. The number of hydrogen-bond donors (Lipinski definition) is 3. The second-order valence-electron chi connectivity index (χ2n) is 3.62. The molecule has 94 valence electrons. The maximum atomic E-state index is 11.9. The van der Waals surface area contributed by atoms with Crippen LogP contribution in [0.4, 0.5) is 5.82 Å². The first kappa shape index (κ1) is 12.0. The first-order valence-electron chi connectivity index (χ1n) is 5.38.